The van der Waals surface area contributed by atoms with Crippen molar-refractivity contribution in [1.29, 1.82) is 5.26 Å². The predicted octanol–water partition coefficient (Wildman–Crippen LogP) is 3.24. The molecule has 0 aliphatic rings. The summed E-state index contributed by atoms with van der Waals surface area (Å²) in [7, 11) is 0. The molecule has 0 saturated carbocycles. The maximum absolute atomic E-state index is 13.1. The molecule has 0 N–H and O–H groups in total. The topological polar surface area (TPSA) is 74.8 Å². The molecule has 0 atom stereocenters. The number of hydrogen-bond acceptors (Lipinski definition) is 5. The van der Waals surface area contributed by atoms with Crippen LogP contribution in [0.3, 0.4) is 0 Å². The second-order valence-electron chi connectivity index (χ2n) is 6.12. The first-order valence-corrected chi connectivity index (χ1v) is 10.1. The largest absolute Gasteiger partial charge is 0.336 e. The summed E-state index contributed by atoms with van der Waals surface area (Å²) in [4.78, 5) is 23.6. The number of rotatable bonds is 8. The summed E-state index contributed by atoms with van der Waals surface area (Å²) in [5, 5.41) is 8.96. The SMILES string of the molecule is CSCc1nc2ccccc2n1CC(=O)N(CCC#N)Cc1cccnc1. The maximum Gasteiger partial charge on any atom is 0.242 e. The van der Waals surface area contributed by atoms with E-state index in [0.717, 1.165) is 28.2 Å². The molecule has 138 valence electrons. The fraction of sp³-hybridized carbons (Fsp3) is 0.300. The van der Waals surface area contributed by atoms with Gasteiger partial charge in [-0.2, -0.15) is 17.0 Å². The fourth-order valence-electron chi connectivity index (χ4n) is 2.97. The Morgan fingerprint density at radius 1 is 1.30 bits per heavy atom. The van der Waals surface area contributed by atoms with E-state index in [2.05, 4.69) is 16.0 Å². The van der Waals surface area contributed by atoms with Crippen LogP contribution in [0.1, 0.15) is 17.8 Å². The van der Waals surface area contributed by atoms with Crippen LogP contribution >= 0.6 is 11.8 Å². The highest BCUT2D eigenvalue weighted by Gasteiger charge is 2.18. The molecule has 0 radical (unpaired) electrons. The lowest BCUT2D eigenvalue weighted by Crippen LogP contribution is -2.34. The summed E-state index contributed by atoms with van der Waals surface area (Å²) in [5.74, 6) is 1.60. The Bertz CT molecular complexity index is 948. The zero-order chi connectivity index (χ0) is 19.1. The van der Waals surface area contributed by atoms with Crippen LogP contribution in [0.2, 0.25) is 0 Å². The lowest BCUT2D eigenvalue weighted by atomic mass is 10.2. The zero-order valence-corrected chi connectivity index (χ0v) is 16.0. The Morgan fingerprint density at radius 2 is 2.15 bits per heavy atom. The minimum Gasteiger partial charge on any atom is -0.336 e. The van der Waals surface area contributed by atoms with Crippen LogP contribution in [0.5, 0.6) is 0 Å². The molecule has 0 spiro atoms. The van der Waals surface area contributed by atoms with Gasteiger partial charge >= 0.3 is 0 Å². The molecule has 1 aromatic carbocycles. The molecule has 2 heterocycles. The highest BCUT2D eigenvalue weighted by Crippen LogP contribution is 2.19. The number of imidazole rings is 1. The van der Waals surface area contributed by atoms with Gasteiger partial charge in [0.05, 0.1) is 29.3 Å². The lowest BCUT2D eigenvalue weighted by Gasteiger charge is -2.22. The Hall–Kier alpha value is -2.85. The van der Waals surface area contributed by atoms with Crippen molar-refractivity contribution in [2.45, 2.75) is 25.3 Å². The van der Waals surface area contributed by atoms with Gasteiger partial charge in [-0.1, -0.05) is 18.2 Å². The van der Waals surface area contributed by atoms with E-state index in [1.807, 2.05) is 47.2 Å². The number of fused-ring (bicyclic) bond motifs is 1. The van der Waals surface area contributed by atoms with Crippen LogP contribution in [-0.4, -0.2) is 38.1 Å². The van der Waals surface area contributed by atoms with E-state index in [1.165, 1.54) is 0 Å². The molecule has 1 amide bonds. The third-order valence-electron chi connectivity index (χ3n) is 4.24. The number of thioether (sulfide) groups is 1. The number of nitriles is 1. The van der Waals surface area contributed by atoms with Gasteiger partial charge in [-0.05, 0) is 30.0 Å². The summed E-state index contributed by atoms with van der Waals surface area (Å²) in [6.45, 7) is 1.05. The van der Waals surface area contributed by atoms with Crippen molar-refractivity contribution in [2.75, 3.05) is 12.8 Å². The quantitative estimate of drug-likeness (QED) is 0.601. The summed E-state index contributed by atoms with van der Waals surface area (Å²) in [6, 6.07) is 13.8. The molecular formula is C20H21N5OS. The van der Waals surface area contributed by atoms with E-state index in [-0.39, 0.29) is 12.5 Å². The standard InChI is InChI=1S/C20H21N5OS/c1-27-15-19-23-17-7-2-3-8-18(17)25(19)14-20(26)24(11-5-9-21)13-16-6-4-10-22-12-16/h2-4,6-8,10,12H,5,11,13-15H2,1H3. The monoisotopic (exact) mass is 379 g/mol. The van der Waals surface area contributed by atoms with Crippen molar-refractivity contribution in [2.24, 2.45) is 0 Å². The molecule has 27 heavy (non-hydrogen) atoms. The van der Waals surface area contributed by atoms with Gasteiger partial charge in [0.15, 0.2) is 0 Å². The van der Waals surface area contributed by atoms with E-state index >= 15 is 0 Å². The normalized spacial score (nSPS) is 10.7. The summed E-state index contributed by atoms with van der Waals surface area (Å²) < 4.78 is 1.98. The number of amides is 1. The molecule has 0 aliphatic heterocycles. The lowest BCUT2D eigenvalue weighted by molar-refractivity contribution is -0.132. The van der Waals surface area contributed by atoms with Gasteiger partial charge < -0.3 is 9.47 Å². The number of aromatic nitrogens is 3. The minimum absolute atomic E-state index is 0.0281. The van der Waals surface area contributed by atoms with Gasteiger partial charge in [-0.15, -0.1) is 0 Å². The first-order chi connectivity index (χ1) is 13.2. The van der Waals surface area contributed by atoms with Crippen molar-refractivity contribution < 1.29 is 4.79 Å². The molecule has 0 unspecified atom stereocenters. The number of hydrogen-bond donors (Lipinski definition) is 0. The highest BCUT2D eigenvalue weighted by molar-refractivity contribution is 7.97. The van der Waals surface area contributed by atoms with Crippen LogP contribution in [0.15, 0.2) is 48.8 Å². The minimum atomic E-state index is -0.0281. The second kappa shape index (κ2) is 9.19. The smallest absolute Gasteiger partial charge is 0.242 e. The van der Waals surface area contributed by atoms with Crippen molar-refractivity contribution in [3.05, 3.63) is 60.2 Å². The van der Waals surface area contributed by atoms with Gasteiger partial charge in [0.1, 0.15) is 12.4 Å². The van der Waals surface area contributed by atoms with Gasteiger partial charge in [-0.25, -0.2) is 4.98 Å². The highest BCUT2D eigenvalue weighted by atomic mass is 32.2. The maximum atomic E-state index is 13.1. The molecule has 3 rings (SSSR count). The van der Waals surface area contributed by atoms with Gasteiger partial charge in [0, 0.05) is 25.5 Å². The van der Waals surface area contributed by atoms with Crippen molar-refractivity contribution in [3.63, 3.8) is 0 Å². The van der Waals surface area contributed by atoms with Crippen LogP contribution in [0.4, 0.5) is 0 Å². The Balaban J connectivity index is 1.85. The molecule has 3 aromatic rings. The number of nitrogens with zero attached hydrogens (tertiary/aromatic N) is 5. The third-order valence-corrected chi connectivity index (χ3v) is 4.79. The molecule has 0 saturated heterocycles. The molecular weight excluding hydrogens is 358 g/mol. The van der Waals surface area contributed by atoms with Gasteiger partial charge in [0.25, 0.3) is 0 Å². The molecule has 0 fully saturated rings. The zero-order valence-electron chi connectivity index (χ0n) is 15.2. The molecule has 6 nitrogen and oxygen atoms in total. The first kappa shape index (κ1) is 18.9. The molecule has 7 heteroatoms. The van der Waals surface area contributed by atoms with Gasteiger partial charge in [-0.3, -0.25) is 9.78 Å². The second-order valence-corrected chi connectivity index (χ2v) is 6.99. The van der Waals surface area contributed by atoms with Crippen LogP contribution in [0.25, 0.3) is 11.0 Å². The number of para-hydroxylation sites is 2. The number of benzene rings is 1. The molecule has 2 aromatic heterocycles. The van der Waals surface area contributed by atoms with Gasteiger partial charge in [0.2, 0.25) is 5.91 Å². The Kier molecular flexibility index (Phi) is 6.44. The van der Waals surface area contributed by atoms with Crippen LogP contribution < -0.4 is 0 Å². The number of pyridine rings is 1. The van der Waals surface area contributed by atoms with E-state index in [4.69, 9.17) is 5.26 Å². The number of carbonyl (C=O) groups excluding carboxylic acids is 1. The van der Waals surface area contributed by atoms with E-state index in [0.29, 0.717) is 19.5 Å². The average Bonchev–Trinajstić information content (AvgIpc) is 3.03. The van der Waals surface area contributed by atoms with Crippen molar-refractivity contribution in [3.8, 4) is 6.07 Å². The first-order valence-electron chi connectivity index (χ1n) is 8.69. The third kappa shape index (κ3) is 4.66. The number of carbonyl (C=O) groups is 1. The van der Waals surface area contributed by atoms with E-state index < -0.39 is 0 Å². The Labute approximate surface area is 162 Å². The summed E-state index contributed by atoms with van der Waals surface area (Å²) in [6.07, 6.45) is 5.77. The average molecular weight is 379 g/mol. The summed E-state index contributed by atoms with van der Waals surface area (Å²) >= 11 is 1.68. The molecule has 0 bridgehead atoms. The van der Waals surface area contributed by atoms with Crippen LogP contribution in [0, 0.1) is 11.3 Å². The van der Waals surface area contributed by atoms with E-state index in [9.17, 15) is 4.79 Å². The summed E-state index contributed by atoms with van der Waals surface area (Å²) in [5.41, 5.74) is 2.80. The molecule has 0 aliphatic carbocycles. The predicted molar refractivity (Wildman–Crippen MR) is 107 cm³/mol. The van der Waals surface area contributed by atoms with Crippen molar-refractivity contribution in [1.82, 2.24) is 19.4 Å². The van der Waals surface area contributed by atoms with E-state index in [1.54, 1.807) is 29.1 Å². The van der Waals surface area contributed by atoms with Crippen molar-refractivity contribution >= 4 is 28.7 Å². The Morgan fingerprint density at radius 3 is 2.89 bits per heavy atom. The van der Waals surface area contributed by atoms with Crippen LogP contribution in [-0.2, 0) is 23.6 Å². The fourth-order valence-corrected chi connectivity index (χ4v) is 3.44.